The lowest BCUT2D eigenvalue weighted by Gasteiger charge is -2.40. The molecule has 1 aromatic carbocycles. The maximum absolute atomic E-state index is 14.7. The van der Waals surface area contributed by atoms with Crippen LogP contribution in [0.2, 0.25) is 5.02 Å². The van der Waals surface area contributed by atoms with E-state index in [1.807, 2.05) is 0 Å². The summed E-state index contributed by atoms with van der Waals surface area (Å²) < 4.78 is 6.31. The molecule has 18 heteroatoms. The van der Waals surface area contributed by atoms with Gasteiger partial charge in [0, 0.05) is 13.5 Å². The first kappa shape index (κ1) is 43.9. The fourth-order valence-corrected chi connectivity index (χ4v) is 6.03. The van der Waals surface area contributed by atoms with Crippen LogP contribution in [0.4, 0.5) is 0 Å². The smallest absolute Gasteiger partial charge is 0.330 e. The number of aliphatic hydroxyl groups excluding tert-OH is 1. The van der Waals surface area contributed by atoms with Crippen LogP contribution < -0.4 is 31.3 Å². The number of benzene rings is 1. The first-order valence-electron chi connectivity index (χ1n) is 17.3. The molecule has 1 aromatic rings. The van der Waals surface area contributed by atoms with Crippen LogP contribution in [0.3, 0.4) is 0 Å². The van der Waals surface area contributed by atoms with Crippen LogP contribution in [-0.4, -0.2) is 105 Å². The van der Waals surface area contributed by atoms with Crippen molar-refractivity contribution in [1.82, 2.24) is 31.5 Å². The number of halogens is 1. The van der Waals surface area contributed by atoms with Gasteiger partial charge in [-0.2, -0.15) is 0 Å². The van der Waals surface area contributed by atoms with Crippen LogP contribution in [0.5, 0.6) is 11.5 Å². The van der Waals surface area contributed by atoms with Gasteiger partial charge in [0.15, 0.2) is 17.3 Å². The van der Waals surface area contributed by atoms with Crippen LogP contribution >= 0.6 is 11.6 Å². The summed E-state index contributed by atoms with van der Waals surface area (Å²) in [4.78, 5) is 93.7. The zero-order valence-corrected chi connectivity index (χ0v) is 32.3. The molecule has 2 aliphatic heterocycles. The lowest BCUT2D eigenvalue weighted by Crippen LogP contribution is -2.65. The van der Waals surface area contributed by atoms with E-state index in [0.717, 1.165) is 11.8 Å². The van der Waals surface area contributed by atoms with Gasteiger partial charge in [0.25, 0.3) is 17.7 Å². The highest BCUT2D eigenvalue weighted by atomic mass is 35.5. The van der Waals surface area contributed by atoms with E-state index in [1.54, 1.807) is 13.8 Å². The number of fused-ring (bicyclic) bond motifs is 2. The maximum Gasteiger partial charge on any atom is 0.330 e. The summed E-state index contributed by atoms with van der Waals surface area (Å²) in [7, 11) is 1.41. The second kappa shape index (κ2) is 18.2. The van der Waals surface area contributed by atoms with E-state index in [2.05, 4.69) is 33.2 Å². The number of rotatable bonds is 11. The van der Waals surface area contributed by atoms with Crippen molar-refractivity contribution in [1.29, 1.82) is 0 Å². The number of phenolic OH excluding ortho intramolecular Hbond substituents is 1. The SMILES string of the molecule is C=C(C)[C@@H]1NC(=O)[C@@H](NC)[C@@H](O)c2cc(Cl)c(O)c(c2)O[C@](C)(CC)[C@@H](C(=O)N2CC=C[C@H]2C(=O)NC(C(=O)NC(=CC(=O)O)C(C)=O)=C(C)CC)NC1=O. The first-order valence-corrected chi connectivity index (χ1v) is 17.7. The van der Waals surface area contributed by atoms with E-state index in [0.29, 0.717) is 11.6 Å². The molecule has 6 atom stereocenters. The van der Waals surface area contributed by atoms with Gasteiger partial charge in [0.05, 0.1) is 16.8 Å². The standard InChI is InChI=1S/C37H47ClN6O11/c1-9-18(5)27(34(52)40-22(19(6)45)16-25(46)47)42-32(50)23-12-11-13-44(23)36(54)31-37(7,10-2)55-24-15-20(14-21(38)30(24)49)29(48)28(39-8)35(53)41-26(17(3)4)33(51)43-31/h11-12,14-16,23,26,28-29,31,39,48-49H,3,9-10,13H2,1-2,4-8H3,(H,40,52)(H,41,53)(H,42,50)(H,43,51)(H,46,47)/t23-,26-,28-,29-,31+,37+/m0/s1. The Balaban J connectivity index is 2.11. The number of ether oxygens (including phenoxy) is 1. The van der Waals surface area contributed by atoms with E-state index >= 15 is 0 Å². The Morgan fingerprint density at radius 3 is 2.29 bits per heavy atom. The third-order valence-corrected chi connectivity index (χ3v) is 9.66. The number of carbonyl (C=O) groups excluding carboxylic acids is 6. The molecule has 0 unspecified atom stereocenters. The largest absolute Gasteiger partial charge is 0.503 e. The van der Waals surface area contributed by atoms with Crippen molar-refractivity contribution in [2.75, 3.05) is 13.6 Å². The van der Waals surface area contributed by atoms with Gasteiger partial charge >= 0.3 is 5.97 Å². The molecule has 0 saturated carbocycles. The summed E-state index contributed by atoms with van der Waals surface area (Å²) in [6, 6.07) is -3.24. The van der Waals surface area contributed by atoms with Crippen LogP contribution in [0.1, 0.15) is 66.1 Å². The molecule has 17 nitrogen and oxygen atoms in total. The second-order valence-corrected chi connectivity index (χ2v) is 13.7. The number of nitrogens with one attached hydrogen (secondary N) is 5. The molecule has 0 aromatic heterocycles. The van der Waals surface area contributed by atoms with Gasteiger partial charge in [-0.1, -0.05) is 44.2 Å². The van der Waals surface area contributed by atoms with Crippen LogP contribution in [0.25, 0.3) is 0 Å². The minimum absolute atomic E-state index is 0.00000899. The molecule has 2 bridgehead atoms. The Morgan fingerprint density at radius 1 is 1.09 bits per heavy atom. The number of carboxylic acid groups (broad SMARTS) is 1. The van der Waals surface area contributed by atoms with E-state index in [1.165, 1.54) is 52.1 Å². The average Bonchev–Trinajstić information content (AvgIpc) is 3.62. The predicted molar refractivity (Wildman–Crippen MR) is 199 cm³/mol. The molecular formula is C37H47ClN6O11. The van der Waals surface area contributed by atoms with Gasteiger partial charge in [-0.15, -0.1) is 0 Å². The summed E-state index contributed by atoms with van der Waals surface area (Å²) in [5.74, 6) is -7.46. The predicted octanol–water partition coefficient (Wildman–Crippen LogP) is 1.01. The van der Waals surface area contributed by atoms with E-state index < -0.39 is 88.6 Å². The Hall–Kier alpha value is -5.52. The highest BCUT2D eigenvalue weighted by Gasteiger charge is 2.47. The Bertz CT molecular complexity index is 1870. The van der Waals surface area contributed by atoms with Crippen molar-refractivity contribution in [2.45, 2.75) is 90.3 Å². The first-order chi connectivity index (χ1) is 25.7. The number of amides is 5. The second-order valence-electron chi connectivity index (χ2n) is 13.3. The third kappa shape index (κ3) is 9.97. The molecule has 0 spiro atoms. The van der Waals surface area contributed by atoms with E-state index in [9.17, 15) is 43.8 Å². The molecule has 298 valence electrons. The Morgan fingerprint density at radius 2 is 1.75 bits per heavy atom. The number of ketones is 1. The quantitative estimate of drug-likeness (QED) is 0.116. The van der Waals surface area contributed by atoms with Crippen molar-refractivity contribution in [3.63, 3.8) is 0 Å². The zero-order valence-electron chi connectivity index (χ0n) is 31.5. The summed E-state index contributed by atoms with van der Waals surface area (Å²) >= 11 is 6.34. The van der Waals surface area contributed by atoms with Crippen LogP contribution in [-0.2, 0) is 33.6 Å². The molecule has 0 fully saturated rings. The van der Waals surface area contributed by atoms with Crippen molar-refractivity contribution >= 4 is 52.9 Å². The van der Waals surface area contributed by atoms with Gasteiger partial charge in [0.2, 0.25) is 11.8 Å². The van der Waals surface area contributed by atoms with Crippen molar-refractivity contribution < 1.29 is 53.6 Å². The van der Waals surface area contributed by atoms with E-state index in [4.69, 9.17) is 21.4 Å². The molecule has 5 amide bonds. The van der Waals surface area contributed by atoms with E-state index in [-0.39, 0.29) is 47.0 Å². The number of phenols is 1. The number of nitrogens with zero attached hydrogens (tertiary/aromatic N) is 1. The summed E-state index contributed by atoms with van der Waals surface area (Å²) in [5.41, 5.74) is -1.93. The summed E-state index contributed by atoms with van der Waals surface area (Å²) in [5, 5.41) is 43.7. The minimum Gasteiger partial charge on any atom is -0.503 e. The normalized spacial score (nSPS) is 24.8. The van der Waals surface area contributed by atoms with Crippen molar-refractivity contribution in [3.8, 4) is 11.5 Å². The third-order valence-electron chi connectivity index (χ3n) is 9.37. The number of allylic oxidation sites excluding steroid dienone is 2. The molecule has 0 radical (unpaired) electrons. The fraction of sp³-hybridized carbons (Fsp3) is 0.432. The van der Waals surface area contributed by atoms with Crippen molar-refractivity contribution in [2.24, 2.45) is 0 Å². The van der Waals surface area contributed by atoms with Crippen LogP contribution in [0, 0.1) is 0 Å². The zero-order chi connectivity index (χ0) is 41.5. The number of Topliss-reactive ketones (excluding diaryl/α,β-unsaturated/α-hetero) is 1. The van der Waals surface area contributed by atoms with Gasteiger partial charge in [-0.3, -0.25) is 28.8 Å². The molecule has 0 saturated heterocycles. The number of hydrogen-bond acceptors (Lipinski definition) is 11. The number of carbonyl (C=O) groups is 7. The average molecular weight is 787 g/mol. The fourth-order valence-electron chi connectivity index (χ4n) is 5.81. The highest BCUT2D eigenvalue weighted by molar-refractivity contribution is 6.32. The lowest BCUT2D eigenvalue weighted by atomic mass is 9.90. The molecule has 0 aliphatic carbocycles. The monoisotopic (exact) mass is 786 g/mol. The lowest BCUT2D eigenvalue weighted by molar-refractivity contribution is -0.146. The number of hydrogen-bond donors (Lipinski definition) is 8. The van der Waals surface area contributed by atoms with Gasteiger partial charge < -0.3 is 51.5 Å². The number of aliphatic carboxylic acids is 1. The van der Waals surface area contributed by atoms with Crippen molar-refractivity contribution in [3.05, 3.63) is 70.1 Å². The molecule has 2 heterocycles. The molecule has 55 heavy (non-hydrogen) atoms. The van der Waals surface area contributed by atoms with Crippen LogP contribution in [0.15, 0.2) is 59.5 Å². The number of aliphatic hydroxyl groups is 1. The topological polar surface area (TPSA) is 253 Å². The summed E-state index contributed by atoms with van der Waals surface area (Å²) in [6.45, 7) is 12.6. The van der Waals surface area contributed by atoms with Gasteiger partial charge in [-0.05, 0) is 69.5 Å². The Kier molecular flexibility index (Phi) is 14.5. The minimum atomic E-state index is -1.70. The molecule has 2 aliphatic rings. The highest BCUT2D eigenvalue weighted by Crippen LogP contribution is 2.41. The summed E-state index contributed by atoms with van der Waals surface area (Å²) in [6.07, 6.45) is 2.13. The molecule has 8 N–H and O–H groups in total. The number of likely N-dealkylation sites (N-methyl/N-ethyl adjacent to an activating group) is 1. The van der Waals surface area contributed by atoms with Gasteiger partial charge in [0.1, 0.15) is 41.6 Å². The van der Waals surface area contributed by atoms with Gasteiger partial charge in [-0.25, -0.2) is 4.79 Å². The molecule has 3 rings (SSSR count). The Labute approximate surface area is 322 Å². The number of carboxylic acids is 1. The number of aromatic hydroxyl groups is 1. The maximum atomic E-state index is 14.7. The molecular weight excluding hydrogens is 740 g/mol.